The van der Waals surface area contributed by atoms with Crippen molar-refractivity contribution in [1.82, 2.24) is 5.32 Å². The van der Waals surface area contributed by atoms with E-state index < -0.39 is 0 Å². The summed E-state index contributed by atoms with van der Waals surface area (Å²) in [4.78, 5) is 11.7. The average molecular weight is 287 g/mol. The fourth-order valence-electron chi connectivity index (χ4n) is 2.50. The molecule has 3 nitrogen and oxygen atoms in total. The fourth-order valence-corrected chi connectivity index (χ4v) is 3.32. The molecule has 1 saturated carbocycles. The van der Waals surface area contributed by atoms with Gasteiger partial charge in [-0.1, -0.05) is 45.4 Å². The Bertz CT molecular complexity index is 248. The fraction of sp³-hybridized carbons (Fsp3) is 0.933. The molecule has 0 heterocycles. The van der Waals surface area contributed by atoms with Crippen LogP contribution in [0.5, 0.6) is 0 Å². The molecule has 2 atom stereocenters. The van der Waals surface area contributed by atoms with Gasteiger partial charge < -0.3 is 10.4 Å². The first-order valence-electron chi connectivity index (χ1n) is 7.79. The maximum Gasteiger partial charge on any atom is 0.230 e. The zero-order valence-corrected chi connectivity index (χ0v) is 13.0. The molecule has 2 N–H and O–H groups in total. The van der Waals surface area contributed by atoms with Gasteiger partial charge in [-0.15, -0.1) is 0 Å². The van der Waals surface area contributed by atoms with E-state index in [2.05, 4.69) is 12.2 Å². The van der Waals surface area contributed by atoms with Crippen LogP contribution < -0.4 is 5.32 Å². The van der Waals surface area contributed by atoms with Crippen LogP contribution in [-0.2, 0) is 4.79 Å². The number of carbonyl (C=O) groups is 1. The third-order valence-electron chi connectivity index (χ3n) is 3.70. The molecule has 19 heavy (non-hydrogen) atoms. The Kier molecular flexibility index (Phi) is 9.35. The number of aliphatic hydroxyl groups excluding tert-OH is 1. The summed E-state index contributed by atoms with van der Waals surface area (Å²) >= 11 is 1.72. The van der Waals surface area contributed by atoms with Crippen LogP contribution in [-0.4, -0.2) is 34.7 Å². The smallest absolute Gasteiger partial charge is 0.230 e. The molecule has 0 bridgehead atoms. The molecule has 0 aromatic carbocycles. The number of amides is 1. The van der Waals surface area contributed by atoms with Crippen LogP contribution in [0.3, 0.4) is 0 Å². The number of nitrogens with one attached hydrogen (secondary N) is 1. The van der Waals surface area contributed by atoms with Crippen LogP contribution in [0.1, 0.15) is 64.7 Å². The van der Waals surface area contributed by atoms with Crippen molar-refractivity contribution >= 4 is 17.7 Å². The Morgan fingerprint density at radius 3 is 2.68 bits per heavy atom. The summed E-state index contributed by atoms with van der Waals surface area (Å²) in [5.74, 6) is 1.70. The highest BCUT2D eigenvalue weighted by Crippen LogP contribution is 2.18. The van der Waals surface area contributed by atoms with Crippen molar-refractivity contribution in [3.05, 3.63) is 0 Å². The number of rotatable bonds is 9. The van der Waals surface area contributed by atoms with E-state index in [0.29, 0.717) is 5.75 Å². The van der Waals surface area contributed by atoms with Gasteiger partial charge >= 0.3 is 0 Å². The summed E-state index contributed by atoms with van der Waals surface area (Å²) < 4.78 is 0. The van der Waals surface area contributed by atoms with Gasteiger partial charge in [-0.2, -0.15) is 11.8 Å². The largest absolute Gasteiger partial charge is 0.391 e. The molecule has 1 aliphatic carbocycles. The van der Waals surface area contributed by atoms with Crippen molar-refractivity contribution < 1.29 is 9.90 Å². The molecular weight excluding hydrogens is 258 g/mol. The molecule has 1 rings (SSSR count). The quantitative estimate of drug-likeness (QED) is 0.641. The third-order valence-corrected chi connectivity index (χ3v) is 4.74. The zero-order valence-electron chi connectivity index (χ0n) is 12.2. The first kappa shape index (κ1) is 16.8. The van der Waals surface area contributed by atoms with Crippen LogP contribution in [0.15, 0.2) is 0 Å². The molecule has 4 heteroatoms. The number of unbranched alkanes of at least 4 members (excludes halogenated alkanes) is 4. The number of aliphatic hydroxyl groups is 1. The van der Waals surface area contributed by atoms with Gasteiger partial charge in [-0.25, -0.2) is 0 Å². The van der Waals surface area contributed by atoms with Crippen molar-refractivity contribution in [2.24, 2.45) is 0 Å². The standard InChI is InChI=1S/C15H29NO2S/c1-2-3-4-5-8-11-19-12-15(18)16-13-9-6-7-10-14(13)17/h13-14,17H,2-12H2,1H3,(H,16,18)/t13-,14-/m0/s1. The van der Waals surface area contributed by atoms with Crippen LogP contribution in [0, 0.1) is 0 Å². The number of thioether (sulfide) groups is 1. The van der Waals surface area contributed by atoms with Gasteiger partial charge in [0, 0.05) is 0 Å². The van der Waals surface area contributed by atoms with E-state index in [0.717, 1.165) is 31.4 Å². The Hall–Kier alpha value is -0.220. The summed E-state index contributed by atoms with van der Waals surface area (Å²) in [5.41, 5.74) is 0. The predicted molar refractivity (Wildman–Crippen MR) is 82.5 cm³/mol. The molecule has 0 radical (unpaired) electrons. The SMILES string of the molecule is CCCCCCCSCC(=O)N[C@H]1CCCC[C@@H]1O. The average Bonchev–Trinajstić information content (AvgIpc) is 2.40. The summed E-state index contributed by atoms with van der Waals surface area (Å²) in [5, 5.41) is 12.8. The summed E-state index contributed by atoms with van der Waals surface area (Å²) in [6, 6.07) is -0.00796. The van der Waals surface area contributed by atoms with E-state index in [4.69, 9.17) is 0 Å². The minimum Gasteiger partial charge on any atom is -0.391 e. The molecule has 1 aliphatic rings. The van der Waals surface area contributed by atoms with Crippen molar-refractivity contribution in [3.8, 4) is 0 Å². The second-order valence-corrected chi connectivity index (χ2v) is 6.60. The molecule has 0 aliphatic heterocycles. The van der Waals surface area contributed by atoms with Crippen LogP contribution >= 0.6 is 11.8 Å². The second kappa shape index (κ2) is 10.6. The van der Waals surface area contributed by atoms with Crippen molar-refractivity contribution in [2.75, 3.05) is 11.5 Å². The summed E-state index contributed by atoms with van der Waals surface area (Å²) in [6.07, 6.45) is 10.0. The molecule has 0 aromatic rings. The lowest BCUT2D eigenvalue weighted by molar-refractivity contribution is -0.120. The van der Waals surface area contributed by atoms with Crippen molar-refractivity contribution in [1.29, 1.82) is 0 Å². The topological polar surface area (TPSA) is 49.3 Å². The number of hydrogen-bond donors (Lipinski definition) is 2. The first-order valence-corrected chi connectivity index (χ1v) is 8.94. The monoisotopic (exact) mass is 287 g/mol. The lowest BCUT2D eigenvalue weighted by Gasteiger charge is -2.28. The minimum atomic E-state index is -0.336. The van der Waals surface area contributed by atoms with E-state index in [9.17, 15) is 9.90 Å². The Balaban J connectivity index is 1.98. The number of carbonyl (C=O) groups excluding carboxylic acids is 1. The molecule has 0 saturated heterocycles. The van der Waals surface area contributed by atoms with Gasteiger partial charge in [-0.05, 0) is 25.0 Å². The van der Waals surface area contributed by atoms with E-state index in [1.54, 1.807) is 11.8 Å². The van der Waals surface area contributed by atoms with Crippen LogP contribution in [0.4, 0.5) is 0 Å². The van der Waals surface area contributed by atoms with Gasteiger partial charge in [0.25, 0.3) is 0 Å². The van der Waals surface area contributed by atoms with Crippen LogP contribution in [0.2, 0.25) is 0 Å². The highest BCUT2D eigenvalue weighted by atomic mass is 32.2. The van der Waals surface area contributed by atoms with Crippen LogP contribution in [0.25, 0.3) is 0 Å². The Morgan fingerprint density at radius 2 is 1.95 bits per heavy atom. The zero-order chi connectivity index (χ0) is 13.9. The molecule has 1 amide bonds. The molecular formula is C15H29NO2S. The van der Waals surface area contributed by atoms with E-state index >= 15 is 0 Å². The van der Waals surface area contributed by atoms with E-state index in [1.165, 1.54) is 32.1 Å². The van der Waals surface area contributed by atoms with Gasteiger partial charge in [0.2, 0.25) is 5.91 Å². The van der Waals surface area contributed by atoms with Crippen molar-refractivity contribution in [3.63, 3.8) is 0 Å². The lowest BCUT2D eigenvalue weighted by Crippen LogP contribution is -2.45. The summed E-state index contributed by atoms with van der Waals surface area (Å²) in [6.45, 7) is 2.22. The lowest BCUT2D eigenvalue weighted by atomic mass is 9.93. The van der Waals surface area contributed by atoms with E-state index in [-0.39, 0.29) is 18.1 Å². The molecule has 0 spiro atoms. The van der Waals surface area contributed by atoms with Gasteiger partial charge in [-0.3, -0.25) is 4.79 Å². The number of hydrogen-bond acceptors (Lipinski definition) is 3. The molecule has 0 unspecified atom stereocenters. The third kappa shape index (κ3) is 7.83. The molecule has 112 valence electrons. The van der Waals surface area contributed by atoms with Gasteiger partial charge in [0.05, 0.1) is 17.9 Å². The second-order valence-electron chi connectivity index (χ2n) is 5.49. The predicted octanol–water partition coefficient (Wildman–Crippen LogP) is 3.11. The normalized spacial score (nSPS) is 23.3. The Labute approximate surface area is 121 Å². The van der Waals surface area contributed by atoms with Gasteiger partial charge in [0.15, 0.2) is 0 Å². The van der Waals surface area contributed by atoms with Gasteiger partial charge in [0.1, 0.15) is 0 Å². The maximum atomic E-state index is 11.7. The van der Waals surface area contributed by atoms with Crippen molar-refractivity contribution in [2.45, 2.75) is 76.9 Å². The first-order chi connectivity index (χ1) is 9.24. The van der Waals surface area contributed by atoms with E-state index in [1.807, 2.05) is 0 Å². The molecule has 0 aromatic heterocycles. The maximum absolute atomic E-state index is 11.7. The summed E-state index contributed by atoms with van der Waals surface area (Å²) in [7, 11) is 0. The Morgan fingerprint density at radius 1 is 1.21 bits per heavy atom. The minimum absolute atomic E-state index is 0.00796. The highest BCUT2D eigenvalue weighted by Gasteiger charge is 2.24. The molecule has 1 fully saturated rings. The highest BCUT2D eigenvalue weighted by molar-refractivity contribution is 7.99.